The Bertz CT molecular complexity index is 536. The molecule has 0 saturated carbocycles. The second kappa shape index (κ2) is 8.13. The smallest absolute Gasteiger partial charge is 0.407 e. The number of hydrogen-bond donors (Lipinski definition) is 2. The van der Waals surface area contributed by atoms with Crippen LogP contribution >= 0.6 is 11.8 Å². The summed E-state index contributed by atoms with van der Waals surface area (Å²) in [6, 6.07) is 5.96. The SMILES string of the molecule is C=C(Nc1cccc(CNC(=O)OC(C)(C)C)c1C)SCC. The normalized spacial score (nSPS) is 11.0. The highest BCUT2D eigenvalue weighted by Gasteiger charge is 2.16. The predicted molar refractivity (Wildman–Crippen MR) is 95.1 cm³/mol. The molecule has 0 saturated heterocycles. The Morgan fingerprint density at radius 1 is 1.36 bits per heavy atom. The third-order valence-electron chi connectivity index (χ3n) is 2.86. The van der Waals surface area contributed by atoms with E-state index in [0.717, 1.165) is 27.6 Å². The number of hydrogen-bond acceptors (Lipinski definition) is 4. The molecule has 4 nitrogen and oxygen atoms in total. The summed E-state index contributed by atoms with van der Waals surface area (Å²) in [6.07, 6.45) is -0.406. The summed E-state index contributed by atoms with van der Waals surface area (Å²) in [5, 5.41) is 7.01. The molecule has 1 aromatic rings. The van der Waals surface area contributed by atoms with Crippen LogP contribution < -0.4 is 10.6 Å². The number of carbonyl (C=O) groups is 1. The van der Waals surface area contributed by atoms with Crippen molar-refractivity contribution in [1.82, 2.24) is 5.32 Å². The van der Waals surface area contributed by atoms with Crippen LogP contribution in [0.1, 0.15) is 38.8 Å². The standard InChI is InChI=1S/C17H26N2O2S/c1-7-22-13(3)19-15-10-8-9-14(12(15)2)11-18-16(20)21-17(4,5)6/h8-10,19H,3,7,11H2,1-2,4-6H3,(H,18,20). The minimum absolute atomic E-state index is 0.406. The van der Waals surface area contributed by atoms with Crippen LogP contribution in [-0.4, -0.2) is 17.4 Å². The molecule has 122 valence electrons. The summed E-state index contributed by atoms with van der Waals surface area (Å²) in [7, 11) is 0. The molecule has 0 aliphatic heterocycles. The van der Waals surface area contributed by atoms with Gasteiger partial charge in [0.1, 0.15) is 5.60 Å². The lowest BCUT2D eigenvalue weighted by molar-refractivity contribution is 0.0523. The fraction of sp³-hybridized carbons (Fsp3) is 0.471. The van der Waals surface area contributed by atoms with Crippen LogP contribution in [0.2, 0.25) is 0 Å². The average Bonchev–Trinajstić information content (AvgIpc) is 2.38. The van der Waals surface area contributed by atoms with E-state index in [9.17, 15) is 4.79 Å². The Morgan fingerprint density at radius 2 is 2.05 bits per heavy atom. The summed E-state index contributed by atoms with van der Waals surface area (Å²) >= 11 is 1.67. The molecule has 1 rings (SSSR count). The predicted octanol–water partition coefficient (Wildman–Crippen LogP) is 4.66. The van der Waals surface area contributed by atoms with Gasteiger partial charge in [0.25, 0.3) is 0 Å². The van der Waals surface area contributed by atoms with E-state index in [-0.39, 0.29) is 0 Å². The molecule has 1 aromatic carbocycles. The second-order valence-corrected chi connectivity index (χ2v) is 7.29. The van der Waals surface area contributed by atoms with E-state index in [4.69, 9.17) is 4.74 Å². The first-order valence-electron chi connectivity index (χ1n) is 7.37. The maximum absolute atomic E-state index is 11.7. The number of ether oxygens (including phenoxy) is 1. The Labute approximate surface area is 137 Å². The highest BCUT2D eigenvalue weighted by atomic mass is 32.2. The highest BCUT2D eigenvalue weighted by Crippen LogP contribution is 2.23. The van der Waals surface area contributed by atoms with Crippen molar-refractivity contribution < 1.29 is 9.53 Å². The molecule has 0 fully saturated rings. The van der Waals surface area contributed by atoms with Crippen molar-refractivity contribution in [1.29, 1.82) is 0 Å². The van der Waals surface area contributed by atoms with Crippen LogP contribution in [0.4, 0.5) is 10.5 Å². The zero-order valence-electron chi connectivity index (χ0n) is 14.1. The lowest BCUT2D eigenvalue weighted by Crippen LogP contribution is -2.32. The van der Waals surface area contributed by atoms with Crippen molar-refractivity contribution in [3.63, 3.8) is 0 Å². The minimum atomic E-state index is -0.488. The molecule has 0 heterocycles. The second-order valence-electron chi connectivity index (χ2n) is 5.93. The molecule has 0 aromatic heterocycles. The number of benzene rings is 1. The Morgan fingerprint density at radius 3 is 2.64 bits per heavy atom. The van der Waals surface area contributed by atoms with Crippen LogP contribution in [0.25, 0.3) is 0 Å². The van der Waals surface area contributed by atoms with E-state index >= 15 is 0 Å². The third kappa shape index (κ3) is 6.43. The number of alkyl carbamates (subject to hydrolysis) is 1. The Balaban J connectivity index is 2.68. The minimum Gasteiger partial charge on any atom is -0.444 e. The van der Waals surface area contributed by atoms with E-state index in [1.165, 1.54) is 0 Å². The van der Waals surface area contributed by atoms with Crippen LogP contribution in [0.5, 0.6) is 0 Å². The van der Waals surface area contributed by atoms with E-state index in [1.54, 1.807) is 11.8 Å². The molecule has 2 N–H and O–H groups in total. The maximum atomic E-state index is 11.7. The number of carbonyl (C=O) groups excluding carboxylic acids is 1. The summed E-state index contributed by atoms with van der Waals surface area (Å²) in [6.45, 7) is 14.1. The topological polar surface area (TPSA) is 50.4 Å². The van der Waals surface area contributed by atoms with Crippen molar-refractivity contribution in [2.75, 3.05) is 11.1 Å². The third-order valence-corrected chi connectivity index (χ3v) is 3.60. The average molecular weight is 322 g/mol. The molecular weight excluding hydrogens is 296 g/mol. The van der Waals surface area contributed by atoms with Crippen molar-refractivity contribution in [2.45, 2.75) is 46.8 Å². The lowest BCUT2D eigenvalue weighted by atomic mass is 10.1. The Hall–Kier alpha value is -1.62. The van der Waals surface area contributed by atoms with Gasteiger partial charge >= 0.3 is 6.09 Å². The zero-order chi connectivity index (χ0) is 16.8. The molecule has 0 aliphatic rings. The Kier molecular flexibility index (Phi) is 6.81. The number of amides is 1. The van der Waals surface area contributed by atoms with Crippen molar-refractivity contribution >= 4 is 23.5 Å². The molecule has 0 radical (unpaired) electrons. The van der Waals surface area contributed by atoms with Gasteiger partial charge in [-0.2, -0.15) is 0 Å². The van der Waals surface area contributed by atoms with Crippen LogP contribution in [0, 0.1) is 6.92 Å². The van der Waals surface area contributed by atoms with Gasteiger partial charge in [0.15, 0.2) is 0 Å². The number of nitrogens with one attached hydrogen (secondary N) is 2. The summed E-state index contributed by atoms with van der Waals surface area (Å²) in [5.41, 5.74) is 2.66. The van der Waals surface area contributed by atoms with Gasteiger partial charge in [-0.15, -0.1) is 11.8 Å². The highest BCUT2D eigenvalue weighted by molar-refractivity contribution is 8.03. The summed E-state index contributed by atoms with van der Waals surface area (Å²) in [4.78, 5) is 11.7. The van der Waals surface area contributed by atoms with Gasteiger partial charge in [-0.05, 0) is 50.6 Å². The molecule has 1 amide bonds. The lowest BCUT2D eigenvalue weighted by Gasteiger charge is -2.20. The molecular formula is C17H26N2O2S. The fourth-order valence-corrected chi connectivity index (χ4v) is 2.38. The molecule has 5 heteroatoms. The molecule has 0 unspecified atom stereocenters. The summed E-state index contributed by atoms with van der Waals surface area (Å²) < 4.78 is 5.24. The first kappa shape index (κ1) is 18.4. The zero-order valence-corrected chi connectivity index (χ0v) is 14.9. The van der Waals surface area contributed by atoms with Crippen molar-refractivity contribution in [3.05, 3.63) is 40.9 Å². The van der Waals surface area contributed by atoms with E-state index in [1.807, 2.05) is 45.9 Å². The molecule has 22 heavy (non-hydrogen) atoms. The molecule has 0 spiro atoms. The van der Waals surface area contributed by atoms with Gasteiger partial charge in [-0.3, -0.25) is 0 Å². The van der Waals surface area contributed by atoms with Gasteiger partial charge in [0.05, 0.1) is 5.03 Å². The van der Waals surface area contributed by atoms with Gasteiger partial charge in [-0.25, -0.2) is 4.79 Å². The number of rotatable bonds is 6. The number of anilines is 1. The van der Waals surface area contributed by atoms with Gasteiger partial charge in [0.2, 0.25) is 0 Å². The summed E-state index contributed by atoms with van der Waals surface area (Å²) in [5.74, 6) is 0.977. The van der Waals surface area contributed by atoms with Crippen molar-refractivity contribution in [2.24, 2.45) is 0 Å². The van der Waals surface area contributed by atoms with Crippen LogP contribution in [0.15, 0.2) is 29.8 Å². The van der Waals surface area contributed by atoms with Gasteiger partial charge < -0.3 is 15.4 Å². The number of thioether (sulfide) groups is 1. The quantitative estimate of drug-likeness (QED) is 0.800. The van der Waals surface area contributed by atoms with E-state index < -0.39 is 11.7 Å². The van der Waals surface area contributed by atoms with E-state index in [2.05, 4.69) is 24.1 Å². The van der Waals surface area contributed by atoms with E-state index in [0.29, 0.717) is 6.54 Å². The largest absolute Gasteiger partial charge is 0.444 e. The van der Waals surface area contributed by atoms with Crippen LogP contribution in [-0.2, 0) is 11.3 Å². The van der Waals surface area contributed by atoms with Crippen molar-refractivity contribution in [3.8, 4) is 0 Å². The molecule has 0 aliphatic carbocycles. The molecule has 0 atom stereocenters. The first-order valence-corrected chi connectivity index (χ1v) is 8.35. The van der Waals surface area contributed by atoms with Crippen LogP contribution in [0.3, 0.4) is 0 Å². The van der Waals surface area contributed by atoms with Gasteiger partial charge in [-0.1, -0.05) is 25.6 Å². The maximum Gasteiger partial charge on any atom is 0.407 e. The van der Waals surface area contributed by atoms with Gasteiger partial charge in [0, 0.05) is 12.2 Å². The fourth-order valence-electron chi connectivity index (χ4n) is 1.85. The molecule has 0 bridgehead atoms. The monoisotopic (exact) mass is 322 g/mol. The first-order chi connectivity index (χ1) is 10.2.